The van der Waals surface area contributed by atoms with Crippen molar-refractivity contribution >= 4 is 5.97 Å². The first-order valence-electron chi connectivity index (χ1n) is 5.27. The summed E-state index contributed by atoms with van der Waals surface area (Å²) < 4.78 is 0. The maximum atomic E-state index is 10.7. The smallest absolute Gasteiger partial charge is 0.309 e. The van der Waals surface area contributed by atoms with Crippen LogP contribution in [0.5, 0.6) is 0 Å². The molecule has 4 heteroatoms. The van der Waals surface area contributed by atoms with Crippen LogP contribution in [0.15, 0.2) is 36.4 Å². The van der Waals surface area contributed by atoms with E-state index in [1.165, 1.54) is 0 Å². The van der Waals surface area contributed by atoms with Crippen LogP contribution >= 0.6 is 0 Å². The lowest BCUT2D eigenvalue weighted by Crippen LogP contribution is -2.05. The van der Waals surface area contributed by atoms with Gasteiger partial charge in [0.25, 0.3) is 0 Å². The van der Waals surface area contributed by atoms with Crippen molar-refractivity contribution in [2.75, 3.05) is 0 Å². The van der Waals surface area contributed by atoms with Gasteiger partial charge in [-0.05, 0) is 13.0 Å². The van der Waals surface area contributed by atoms with E-state index in [2.05, 4.69) is 9.97 Å². The molecule has 0 amide bonds. The van der Waals surface area contributed by atoms with E-state index in [9.17, 15) is 4.79 Å². The predicted octanol–water partition coefficient (Wildman–Crippen LogP) is 2.08. The van der Waals surface area contributed by atoms with Crippen molar-refractivity contribution in [1.29, 1.82) is 0 Å². The number of rotatable bonds is 3. The maximum Gasteiger partial charge on any atom is 0.309 e. The molecular formula is C13H12N2O2. The van der Waals surface area contributed by atoms with Gasteiger partial charge in [-0.25, -0.2) is 9.97 Å². The lowest BCUT2D eigenvalue weighted by molar-refractivity contribution is -0.136. The highest BCUT2D eigenvalue weighted by atomic mass is 16.4. The normalized spacial score (nSPS) is 10.2. The van der Waals surface area contributed by atoms with E-state index in [0.29, 0.717) is 11.5 Å². The second kappa shape index (κ2) is 4.74. The topological polar surface area (TPSA) is 63.1 Å². The summed E-state index contributed by atoms with van der Waals surface area (Å²) in [6.07, 6.45) is -0.0802. The number of aliphatic carboxylic acids is 1. The summed E-state index contributed by atoms with van der Waals surface area (Å²) in [6, 6.07) is 11.2. The first-order chi connectivity index (χ1) is 8.15. The van der Waals surface area contributed by atoms with Gasteiger partial charge in [0.1, 0.15) is 0 Å². The number of benzene rings is 1. The van der Waals surface area contributed by atoms with Gasteiger partial charge in [-0.1, -0.05) is 30.3 Å². The molecule has 1 aromatic heterocycles. The van der Waals surface area contributed by atoms with Crippen LogP contribution in [0.3, 0.4) is 0 Å². The standard InChI is InChI=1S/C13H12N2O2/c1-9-7-11(8-12(16)17)15-13(14-9)10-5-3-2-4-6-10/h2-7H,8H2,1H3,(H,16,17). The monoisotopic (exact) mass is 228 g/mol. The molecule has 17 heavy (non-hydrogen) atoms. The molecule has 1 heterocycles. The minimum absolute atomic E-state index is 0.0802. The Balaban J connectivity index is 2.42. The largest absolute Gasteiger partial charge is 0.481 e. The Labute approximate surface area is 99.0 Å². The molecule has 0 spiro atoms. The molecule has 1 aromatic carbocycles. The number of hydrogen-bond donors (Lipinski definition) is 1. The fourth-order valence-corrected chi connectivity index (χ4v) is 1.60. The van der Waals surface area contributed by atoms with Crippen molar-refractivity contribution in [3.8, 4) is 11.4 Å². The zero-order chi connectivity index (χ0) is 12.3. The Kier molecular flexibility index (Phi) is 3.14. The van der Waals surface area contributed by atoms with Gasteiger partial charge in [-0.15, -0.1) is 0 Å². The van der Waals surface area contributed by atoms with Gasteiger partial charge >= 0.3 is 5.97 Å². The van der Waals surface area contributed by atoms with Gasteiger partial charge < -0.3 is 5.11 Å². The average molecular weight is 228 g/mol. The first kappa shape index (κ1) is 11.3. The molecule has 0 saturated carbocycles. The summed E-state index contributed by atoms with van der Waals surface area (Å²) in [5.74, 6) is -0.316. The summed E-state index contributed by atoms with van der Waals surface area (Å²) in [6.45, 7) is 1.83. The van der Waals surface area contributed by atoms with Crippen molar-refractivity contribution in [3.05, 3.63) is 47.8 Å². The molecule has 0 unspecified atom stereocenters. The number of nitrogens with zero attached hydrogens (tertiary/aromatic N) is 2. The lowest BCUT2D eigenvalue weighted by Gasteiger charge is -2.04. The van der Waals surface area contributed by atoms with Gasteiger partial charge in [0.2, 0.25) is 0 Å². The summed E-state index contributed by atoms with van der Waals surface area (Å²) in [7, 11) is 0. The van der Waals surface area contributed by atoms with E-state index in [-0.39, 0.29) is 6.42 Å². The number of carbonyl (C=O) groups is 1. The summed E-state index contributed by atoms with van der Waals surface area (Å²) in [5.41, 5.74) is 2.20. The quantitative estimate of drug-likeness (QED) is 0.873. The molecule has 0 atom stereocenters. The third-order valence-electron chi connectivity index (χ3n) is 2.27. The zero-order valence-electron chi connectivity index (χ0n) is 9.42. The highest BCUT2D eigenvalue weighted by Crippen LogP contribution is 2.15. The van der Waals surface area contributed by atoms with Crippen LogP contribution < -0.4 is 0 Å². The zero-order valence-corrected chi connectivity index (χ0v) is 9.42. The van der Waals surface area contributed by atoms with Gasteiger partial charge in [-0.3, -0.25) is 4.79 Å². The van der Waals surface area contributed by atoms with Gasteiger partial charge in [0, 0.05) is 11.3 Å². The molecule has 0 aliphatic carbocycles. The molecule has 2 rings (SSSR count). The second-order valence-electron chi connectivity index (χ2n) is 3.76. The molecule has 1 N–H and O–H groups in total. The van der Waals surface area contributed by atoms with Crippen LogP contribution in [0.2, 0.25) is 0 Å². The van der Waals surface area contributed by atoms with E-state index >= 15 is 0 Å². The van der Waals surface area contributed by atoms with Crippen LogP contribution in [-0.2, 0) is 11.2 Å². The molecule has 0 saturated heterocycles. The highest BCUT2D eigenvalue weighted by molar-refractivity contribution is 5.70. The number of aromatic nitrogens is 2. The SMILES string of the molecule is Cc1cc(CC(=O)O)nc(-c2ccccc2)n1. The summed E-state index contributed by atoms with van der Waals surface area (Å²) in [4.78, 5) is 19.2. The Morgan fingerprint density at radius 2 is 1.94 bits per heavy atom. The van der Waals surface area contributed by atoms with Crippen LogP contribution in [0, 0.1) is 6.92 Å². The Bertz CT molecular complexity index is 538. The van der Waals surface area contributed by atoms with E-state index in [1.54, 1.807) is 6.07 Å². The maximum absolute atomic E-state index is 10.7. The minimum Gasteiger partial charge on any atom is -0.481 e. The molecule has 4 nitrogen and oxygen atoms in total. The van der Waals surface area contributed by atoms with Crippen LogP contribution in [-0.4, -0.2) is 21.0 Å². The molecule has 0 aliphatic rings. The van der Waals surface area contributed by atoms with Crippen molar-refractivity contribution in [2.45, 2.75) is 13.3 Å². The Morgan fingerprint density at radius 3 is 2.59 bits per heavy atom. The molecule has 0 radical (unpaired) electrons. The number of carboxylic acid groups (broad SMARTS) is 1. The Morgan fingerprint density at radius 1 is 1.24 bits per heavy atom. The van der Waals surface area contributed by atoms with Crippen LogP contribution in [0.25, 0.3) is 11.4 Å². The van der Waals surface area contributed by atoms with Crippen molar-refractivity contribution < 1.29 is 9.90 Å². The van der Waals surface area contributed by atoms with Crippen molar-refractivity contribution in [2.24, 2.45) is 0 Å². The van der Waals surface area contributed by atoms with E-state index in [1.807, 2.05) is 37.3 Å². The number of aryl methyl sites for hydroxylation is 1. The molecule has 0 bridgehead atoms. The minimum atomic E-state index is -0.887. The van der Waals surface area contributed by atoms with E-state index in [0.717, 1.165) is 11.3 Å². The van der Waals surface area contributed by atoms with E-state index < -0.39 is 5.97 Å². The third-order valence-corrected chi connectivity index (χ3v) is 2.27. The molecule has 0 fully saturated rings. The molecule has 86 valence electrons. The average Bonchev–Trinajstić information content (AvgIpc) is 2.28. The number of hydrogen-bond acceptors (Lipinski definition) is 3. The van der Waals surface area contributed by atoms with E-state index in [4.69, 9.17) is 5.11 Å². The first-order valence-corrected chi connectivity index (χ1v) is 5.27. The summed E-state index contributed by atoms with van der Waals surface area (Å²) in [5, 5.41) is 8.76. The lowest BCUT2D eigenvalue weighted by atomic mass is 10.2. The fraction of sp³-hybridized carbons (Fsp3) is 0.154. The van der Waals surface area contributed by atoms with Gasteiger partial charge in [-0.2, -0.15) is 0 Å². The summed E-state index contributed by atoms with van der Waals surface area (Å²) >= 11 is 0. The van der Waals surface area contributed by atoms with Crippen molar-refractivity contribution in [3.63, 3.8) is 0 Å². The van der Waals surface area contributed by atoms with Gasteiger partial charge in [0.15, 0.2) is 5.82 Å². The van der Waals surface area contributed by atoms with Gasteiger partial charge in [0.05, 0.1) is 12.1 Å². The highest BCUT2D eigenvalue weighted by Gasteiger charge is 2.07. The van der Waals surface area contributed by atoms with Crippen LogP contribution in [0.1, 0.15) is 11.4 Å². The molecule has 0 aliphatic heterocycles. The number of carboxylic acids is 1. The Hall–Kier alpha value is -2.23. The fourth-order valence-electron chi connectivity index (χ4n) is 1.60. The van der Waals surface area contributed by atoms with Crippen molar-refractivity contribution in [1.82, 2.24) is 9.97 Å². The second-order valence-corrected chi connectivity index (χ2v) is 3.76. The molecular weight excluding hydrogens is 216 g/mol. The third kappa shape index (κ3) is 2.87. The predicted molar refractivity (Wildman–Crippen MR) is 63.5 cm³/mol. The van der Waals surface area contributed by atoms with Crippen LogP contribution in [0.4, 0.5) is 0 Å². The molecule has 2 aromatic rings.